The van der Waals surface area contributed by atoms with Crippen LogP contribution in [0.15, 0.2) is 0 Å². The van der Waals surface area contributed by atoms with Crippen molar-refractivity contribution in [1.29, 1.82) is 0 Å². The molecule has 2 amide bonds. The Labute approximate surface area is 112 Å². The fourth-order valence-electron chi connectivity index (χ4n) is 1.55. The standard InChI is InChI=1S/C11H19N3O3S/c1-8(10(12)18)11(16)13-3-2-9(15)14-4-6-17-7-5-14/h8H,2-7H2,1H3,(H2,12,18)(H,13,16). The second-order valence-corrected chi connectivity index (χ2v) is 4.63. The zero-order valence-corrected chi connectivity index (χ0v) is 11.3. The van der Waals surface area contributed by atoms with Gasteiger partial charge in [0.05, 0.1) is 24.1 Å². The van der Waals surface area contributed by atoms with Crippen LogP contribution >= 0.6 is 12.2 Å². The minimum atomic E-state index is -0.501. The summed E-state index contributed by atoms with van der Waals surface area (Å²) in [5.74, 6) is -0.711. The maximum absolute atomic E-state index is 11.8. The van der Waals surface area contributed by atoms with Crippen molar-refractivity contribution in [1.82, 2.24) is 10.2 Å². The van der Waals surface area contributed by atoms with E-state index in [1.165, 1.54) is 0 Å². The van der Waals surface area contributed by atoms with Crippen molar-refractivity contribution in [3.8, 4) is 0 Å². The molecule has 7 heteroatoms. The average Bonchev–Trinajstić information content (AvgIpc) is 2.38. The summed E-state index contributed by atoms with van der Waals surface area (Å²) in [5, 5.41) is 2.65. The van der Waals surface area contributed by atoms with Crippen molar-refractivity contribution in [2.45, 2.75) is 13.3 Å². The number of nitrogens with zero attached hydrogens (tertiary/aromatic N) is 1. The van der Waals surface area contributed by atoms with E-state index in [9.17, 15) is 9.59 Å². The topological polar surface area (TPSA) is 84.7 Å². The van der Waals surface area contributed by atoms with Gasteiger partial charge in [-0.25, -0.2) is 0 Å². The van der Waals surface area contributed by atoms with Crippen LogP contribution in [0.25, 0.3) is 0 Å². The monoisotopic (exact) mass is 273 g/mol. The molecule has 0 aliphatic carbocycles. The molecule has 1 rings (SSSR count). The molecule has 6 nitrogen and oxygen atoms in total. The van der Waals surface area contributed by atoms with E-state index in [4.69, 9.17) is 22.7 Å². The molecule has 1 aliphatic rings. The molecule has 102 valence electrons. The van der Waals surface area contributed by atoms with Crippen LogP contribution < -0.4 is 11.1 Å². The molecule has 1 heterocycles. The first-order valence-corrected chi connectivity index (χ1v) is 6.35. The highest BCUT2D eigenvalue weighted by Gasteiger charge is 2.18. The van der Waals surface area contributed by atoms with Gasteiger partial charge in [-0.3, -0.25) is 9.59 Å². The Balaban J connectivity index is 2.22. The lowest BCUT2D eigenvalue weighted by molar-refractivity contribution is -0.135. The molecule has 1 aliphatic heterocycles. The predicted molar refractivity (Wildman–Crippen MR) is 71.0 cm³/mol. The number of carbonyl (C=O) groups is 2. The van der Waals surface area contributed by atoms with Crippen molar-refractivity contribution < 1.29 is 14.3 Å². The number of rotatable bonds is 5. The highest BCUT2D eigenvalue weighted by atomic mass is 32.1. The summed E-state index contributed by atoms with van der Waals surface area (Å²) in [5.41, 5.74) is 5.37. The zero-order chi connectivity index (χ0) is 13.5. The Bertz CT molecular complexity index is 329. The van der Waals surface area contributed by atoms with Crippen LogP contribution in [0.2, 0.25) is 0 Å². The molecule has 1 fully saturated rings. The van der Waals surface area contributed by atoms with Gasteiger partial charge in [0.25, 0.3) is 0 Å². The molecule has 18 heavy (non-hydrogen) atoms. The lowest BCUT2D eigenvalue weighted by atomic mass is 10.1. The highest BCUT2D eigenvalue weighted by molar-refractivity contribution is 7.80. The van der Waals surface area contributed by atoms with E-state index < -0.39 is 5.92 Å². The van der Waals surface area contributed by atoms with Crippen molar-refractivity contribution in [2.24, 2.45) is 11.7 Å². The van der Waals surface area contributed by atoms with E-state index in [-0.39, 0.29) is 23.2 Å². The fraction of sp³-hybridized carbons (Fsp3) is 0.727. The molecule has 0 spiro atoms. The summed E-state index contributed by atoms with van der Waals surface area (Å²) in [6.45, 7) is 4.35. The van der Waals surface area contributed by atoms with Gasteiger partial charge in [0.1, 0.15) is 0 Å². The van der Waals surface area contributed by atoms with Crippen molar-refractivity contribution in [3.63, 3.8) is 0 Å². The molecule has 3 N–H and O–H groups in total. The number of ether oxygens (including phenoxy) is 1. The summed E-state index contributed by atoms with van der Waals surface area (Å²) in [7, 11) is 0. The van der Waals surface area contributed by atoms with Gasteiger partial charge in [-0.1, -0.05) is 12.2 Å². The van der Waals surface area contributed by atoms with Crippen LogP contribution in [0, 0.1) is 5.92 Å². The number of morpholine rings is 1. The van der Waals surface area contributed by atoms with Crippen molar-refractivity contribution >= 4 is 29.0 Å². The molecule has 0 bridgehead atoms. The molecule has 0 aromatic carbocycles. The van der Waals surface area contributed by atoms with E-state index in [1.807, 2.05) is 0 Å². The average molecular weight is 273 g/mol. The van der Waals surface area contributed by atoms with Crippen LogP contribution in [-0.4, -0.2) is 54.6 Å². The van der Waals surface area contributed by atoms with Gasteiger partial charge in [-0.05, 0) is 6.92 Å². The summed E-state index contributed by atoms with van der Waals surface area (Å²) < 4.78 is 5.16. The second kappa shape index (κ2) is 7.27. The van der Waals surface area contributed by atoms with Crippen LogP contribution in [0.5, 0.6) is 0 Å². The summed E-state index contributed by atoms with van der Waals surface area (Å²) in [6.07, 6.45) is 0.287. The number of nitrogens with two attached hydrogens (primary N) is 1. The third-order valence-electron chi connectivity index (χ3n) is 2.82. The van der Waals surface area contributed by atoms with E-state index in [1.54, 1.807) is 11.8 Å². The minimum absolute atomic E-state index is 0.0292. The maximum Gasteiger partial charge on any atom is 0.229 e. The van der Waals surface area contributed by atoms with Gasteiger partial charge < -0.3 is 20.7 Å². The first-order chi connectivity index (χ1) is 8.52. The lowest BCUT2D eigenvalue weighted by Gasteiger charge is -2.26. The lowest BCUT2D eigenvalue weighted by Crippen LogP contribution is -2.42. The Hall–Kier alpha value is -1.21. The van der Waals surface area contributed by atoms with Crippen LogP contribution in [-0.2, 0) is 14.3 Å². The first kappa shape index (κ1) is 14.8. The van der Waals surface area contributed by atoms with E-state index in [0.717, 1.165) is 0 Å². The number of nitrogens with one attached hydrogen (secondary N) is 1. The van der Waals surface area contributed by atoms with Crippen LogP contribution in [0.1, 0.15) is 13.3 Å². The third kappa shape index (κ3) is 4.58. The van der Waals surface area contributed by atoms with Crippen molar-refractivity contribution in [3.05, 3.63) is 0 Å². The van der Waals surface area contributed by atoms with Gasteiger partial charge in [0.2, 0.25) is 11.8 Å². The van der Waals surface area contributed by atoms with Gasteiger partial charge in [-0.15, -0.1) is 0 Å². The SMILES string of the molecule is CC(C(=O)NCCC(=O)N1CCOCC1)C(N)=S. The third-order valence-corrected chi connectivity index (χ3v) is 3.18. The molecule has 0 aromatic rings. The van der Waals surface area contributed by atoms with E-state index >= 15 is 0 Å². The van der Waals surface area contributed by atoms with Gasteiger partial charge >= 0.3 is 0 Å². The Kier molecular flexibility index (Phi) is 6.00. The molecule has 0 saturated carbocycles. The van der Waals surface area contributed by atoms with Crippen LogP contribution in [0.3, 0.4) is 0 Å². The maximum atomic E-state index is 11.8. The summed E-state index contributed by atoms with van der Waals surface area (Å²) in [6, 6.07) is 0. The summed E-state index contributed by atoms with van der Waals surface area (Å²) in [4.78, 5) is 25.2. The molecule has 0 aromatic heterocycles. The number of carbonyl (C=O) groups excluding carboxylic acids is 2. The normalized spacial score (nSPS) is 17.1. The minimum Gasteiger partial charge on any atom is -0.393 e. The van der Waals surface area contributed by atoms with Gasteiger partial charge in [0, 0.05) is 26.1 Å². The summed E-state index contributed by atoms with van der Waals surface area (Å²) >= 11 is 4.73. The zero-order valence-electron chi connectivity index (χ0n) is 10.5. The van der Waals surface area contributed by atoms with E-state index in [0.29, 0.717) is 32.8 Å². The second-order valence-electron chi connectivity index (χ2n) is 4.16. The Morgan fingerprint density at radius 3 is 2.61 bits per heavy atom. The Morgan fingerprint density at radius 1 is 1.44 bits per heavy atom. The first-order valence-electron chi connectivity index (χ1n) is 5.95. The Morgan fingerprint density at radius 2 is 2.06 bits per heavy atom. The van der Waals surface area contributed by atoms with E-state index in [2.05, 4.69) is 5.32 Å². The molecular formula is C11H19N3O3S. The largest absolute Gasteiger partial charge is 0.393 e. The van der Waals surface area contributed by atoms with Crippen molar-refractivity contribution in [2.75, 3.05) is 32.8 Å². The number of amides is 2. The fourth-order valence-corrected chi connectivity index (χ4v) is 1.65. The van der Waals surface area contributed by atoms with Gasteiger partial charge in [0.15, 0.2) is 0 Å². The number of hydrogen-bond donors (Lipinski definition) is 2. The molecule has 1 atom stereocenters. The molecule has 0 radical (unpaired) electrons. The van der Waals surface area contributed by atoms with Gasteiger partial charge in [-0.2, -0.15) is 0 Å². The smallest absolute Gasteiger partial charge is 0.229 e. The molecule has 1 saturated heterocycles. The number of hydrogen-bond acceptors (Lipinski definition) is 4. The highest BCUT2D eigenvalue weighted by Crippen LogP contribution is 2.00. The molecular weight excluding hydrogens is 254 g/mol. The number of thiocarbonyl (C=S) groups is 1. The molecule has 1 unspecified atom stereocenters. The van der Waals surface area contributed by atoms with Crippen LogP contribution in [0.4, 0.5) is 0 Å². The predicted octanol–water partition coefficient (Wildman–Crippen LogP) is -0.726. The quantitative estimate of drug-likeness (QED) is 0.645.